The zero-order valence-electron chi connectivity index (χ0n) is 9.28. The highest BCUT2D eigenvalue weighted by molar-refractivity contribution is 7.10. The van der Waals surface area contributed by atoms with Crippen molar-refractivity contribution in [2.45, 2.75) is 38.6 Å². The fourth-order valence-corrected chi connectivity index (χ4v) is 3.58. The first-order valence-corrected chi connectivity index (χ1v) is 6.68. The Hall–Kier alpha value is -0.380. The number of nitrogens with two attached hydrogens (primary N) is 1. The molecule has 1 aromatic heterocycles. The van der Waals surface area contributed by atoms with Crippen LogP contribution < -0.4 is 11.3 Å². The van der Waals surface area contributed by atoms with Crippen molar-refractivity contribution >= 4 is 11.3 Å². The number of thiophene rings is 1. The van der Waals surface area contributed by atoms with Crippen LogP contribution in [-0.2, 0) is 0 Å². The third kappa shape index (κ3) is 2.60. The van der Waals surface area contributed by atoms with Crippen molar-refractivity contribution in [2.24, 2.45) is 17.7 Å². The summed E-state index contributed by atoms with van der Waals surface area (Å²) < 4.78 is 0. The van der Waals surface area contributed by atoms with Crippen LogP contribution in [0.1, 0.15) is 43.5 Å². The van der Waals surface area contributed by atoms with Crippen LogP contribution in [-0.4, -0.2) is 0 Å². The SMILES string of the molecule is CC1CCCC(C(NN)c2cccs2)C1. The van der Waals surface area contributed by atoms with Crippen molar-refractivity contribution in [1.29, 1.82) is 0 Å². The molecule has 0 amide bonds. The van der Waals surface area contributed by atoms with E-state index < -0.39 is 0 Å². The number of hydrogen-bond acceptors (Lipinski definition) is 3. The highest BCUT2D eigenvalue weighted by atomic mass is 32.1. The maximum absolute atomic E-state index is 5.70. The summed E-state index contributed by atoms with van der Waals surface area (Å²) in [5.74, 6) is 7.28. The van der Waals surface area contributed by atoms with Crippen LogP contribution in [0.5, 0.6) is 0 Å². The Kier molecular flexibility index (Phi) is 3.78. The Balaban J connectivity index is 2.06. The van der Waals surface area contributed by atoms with Gasteiger partial charge in [-0.3, -0.25) is 11.3 Å². The lowest BCUT2D eigenvalue weighted by atomic mass is 9.78. The molecule has 84 valence electrons. The van der Waals surface area contributed by atoms with Crippen LogP contribution in [0, 0.1) is 11.8 Å². The highest BCUT2D eigenvalue weighted by Gasteiger charge is 2.27. The van der Waals surface area contributed by atoms with Crippen molar-refractivity contribution in [3.63, 3.8) is 0 Å². The summed E-state index contributed by atoms with van der Waals surface area (Å²) in [6, 6.07) is 4.66. The van der Waals surface area contributed by atoms with E-state index in [4.69, 9.17) is 5.84 Å². The Morgan fingerprint density at radius 3 is 3.00 bits per heavy atom. The summed E-state index contributed by atoms with van der Waals surface area (Å²) in [5.41, 5.74) is 3.01. The van der Waals surface area contributed by atoms with Crippen LogP contribution in [0.3, 0.4) is 0 Å². The monoisotopic (exact) mass is 224 g/mol. The molecule has 0 bridgehead atoms. The van der Waals surface area contributed by atoms with E-state index in [1.165, 1.54) is 30.6 Å². The van der Waals surface area contributed by atoms with Gasteiger partial charge in [0.2, 0.25) is 0 Å². The van der Waals surface area contributed by atoms with E-state index in [1.54, 1.807) is 0 Å². The van der Waals surface area contributed by atoms with Gasteiger partial charge in [0.1, 0.15) is 0 Å². The fourth-order valence-electron chi connectivity index (χ4n) is 2.70. The largest absolute Gasteiger partial charge is 0.271 e. The molecule has 3 heteroatoms. The molecular weight excluding hydrogens is 204 g/mol. The van der Waals surface area contributed by atoms with Gasteiger partial charge in [0, 0.05) is 4.88 Å². The first-order chi connectivity index (χ1) is 7.31. The lowest BCUT2D eigenvalue weighted by Gasteiger charge is -2.32. The zero-order valence-corrected chi connectivity index (χ0v) is 10.1. The molecule has 3 unspecified atom stereocenters. The van der Waals surface area contributed by atoms with Crippen molar-refractivity contribution in [3.8, 4) is 0 Å². The minimum Gasteiger partial charge on any atom is -0.271 e. The van der Waals surface area contributed by atoms with E-state index in [0.717, 1.165) is 11.8 Å². The molecule has 0 aromatic carbocycles. The molecule has 0 spiro atoms. The van der Waals surface area contributed by atoms with Gasteiger partial charge in [-0.2, -0.15) is 0 Å². The lowest BCUT2D eigenvalue weighted by molar-refractivity contribution is 0.226. The molecule has 0 aliphatic heterocycles. The molecule has 1 fully saturated rings. The van der Waals surface area contributed by atoms with Crippen molar-refractivity contribution in [2.75, 3.05) is 0 Å². The predicted octanol–water partition coefficient (Wildman–Crippen LogP) is 3.08. The van der Waals surface area contributed by atoms with Gasteiger partial charge in [-0.15, -0.1) is 11.3 Å². The Morgan fingerprint density at radius 2 is 2.40 bits per heavy atom. The van der Waals surface area contributed by atoms with Crippen molar-refractivity contribution in [3.05, 3.63) is 22.4 Å². The first kappa shape index (κ1) is 11.1. The van der Waals surface area contributed by atoms with E-state index >= 15 is 0 Å². The second kappa shape index (κ2) is 5.10. The summed E-state index contributed by atoms with van der Waals surface area (Å²) in [5, 5.41) is 2.13. The molecule has 0 radical (unpaired) electrons. The second-order valence-corrected chi connectivity index (χ2v) is 5.67. The smallest absolute Gasteiger partial charge is 0.0581 e. The Bertz CT molecular complexity index is 284. The molecule has 2 nitrogen and oxygen atoms in total. The van der Waals surface area contributed by atoms with E-state index in [1.807, 2.05) is 11.3 Å². The molecule has 0 saturated heterocycles. The number of nitrogens with one attached hydrogen (secondary N) is 1. The summed E-state index contributed by atoms with van der Waals surface area (Å²) in [6.45, 7) is 2.36. The fraction of sp³-hybridized carbons (Fsp3) is 0.667. The molecule has 3 N–H and O–H groups in total. The van der Waals surface area contributed by atoms with E-state index in [9.17, 15) is 0 Å². The molecule has 1 saturated carbocycles. The van der Waals surface area contributed by atoms with Crippen LogP contribution in [0.25, 0.3) is 0 Å². The van der Waals surface area contributed by atoms with Crippen LogP contribution in [0.2, 0.25) is 0 Å². The van der Waals surface area contributed by atoms with Gasteiger partial charge in [-0.05, 0) is 36.1 Å². The van der Waals surface area contributed by atoms with Crippen LogP contribution in [0.4, 0.5) is 0 Å². The van der Waals surface area contributed by atoms with Crippen LogP contribution in [0.15, 0.2) is 17.5 Å². The maximum atomic E-state index is 5.70. The zero-order chi connectivity index (χ0) is 10.7. The summed E-state index contributed by atoms with van der Waals surface area (Å²) in [6.07, 6.45) is 5.37. The normalized spacial score (nSPS) is 28.9. The summed E-state index contributed by atoms with van der Waals surface area (Å²) in [7, 11) is 0. The molecule has 1 aromatic rings. The Labute approximate surface area is 95.8 Å². The molecular formula is C12H20N2S. The third-order valence-electron chi connectivity index (χ3n) is 3.48. The van der Waals surface area contributed by atoms with Gasteiger partial charge in [0.15, 0.2) is 0 Å². The topological polar surface area (TPSA) is 38.0 Å². The third-order valence-corrected chi connectivity index (χ3v) is 4.43. The molecule has 1 aliphatic carbocycles. The van der Waals surface area contributed by atoms with Gasteiger partial charge in [0.05, 0.1) is 6.04 Å². The van der Waals surface area contributed by atoms with Gasteiger partial charge in [-0.1, -0.05) is 25.8 Å². The minimum atomic E-state index is 0.368. The van der Waals surface area contributed by atoms with Gasteiger partial charge in [-0.25, -0.2) is 0 Å². The maximum Gasteiger partial charge on any atom is 0.0581 e. The molecule has 1 aliphatic rings. The van der Waals surface area contributed by atoms with Crippen molar-refractivity contribution < 1.29 is 0 Å². The molecule has 15 heavy (non-hydrogen) atoms. The number of rotatable bonds is 3. The molecule has 3 atom stereocenters. The van der Waals surface area contributed by atoms with Crippen molar-refractivity contribution in [1.82, 2.24) is 5.43 Å². The van der Waals surface area contributed by atoms with Gasteiger partial charge < -0.3 is 0 Å². The Morgan fingerprint density at radius 1 is 1.53 bits per heavy atom. The number of hydrazine groups is 1. The summed E-state index contributed by atoms with van der Waals surface area (Å²) in [4.78, 5) is 1.39. The molecule has 1 heterocycles. The second-order valence-electron chi connectivity index (χ2n) is 4.69. The highest BCUT2D eigenvalue weighted by Crippen LogP contribution is 2.37. The average Bonchev–Trinajstić information content (AvgIpc) is 2.72. The van der Waals surface area contributed by atoms with E-state index in [-0.39, 0.29) is 0 Å². The molecule has 2 rings (SSSR count). The number of hydrogen-bond donors (Lipinski definition) is 2. The van der Waals surface area contributed by atoms with E-state index in [0.29, 0.717) is 6.04 Å². The van der Waals surface area contributed by atoms with Gasteiger partial charge in [0.25, 0.3) is 0 Å². The minimum absolute atomic E-state index is 0.368. The quantitative estimate of drug-likeness (QED) is 0.611. The predicted molar refractivity (Wildman–Crippen MR) is 65.5 cm³/mol. The standard InChI is InChI=1S/C12H20N2S/c1-9-4-2-5-10(8-9)12(14-13)11-6-3-7-15-11/h3,6-7,9-10,12,14H,2,4-5,8,13H2,1H3. The lowest BCUT2D eigenvalue weighted by Crippen LogP contribution is -2.35. The van der Waals surface area contributed by atoms with Crippen LogP contribution >= 0.6 is 11.3 Å². The average molecular weight is 224 g/mol. The first-order valence-electron chi connectivity index (χ1n) is 5.80. The summed E-state index contributed by atoms with van der Waals surface area (Å²) >= 11 is 1.81. The van der Waals surface area contributed by atoms with Gasteiger partial charge >= 0.3 is 0 Å². The van der Waals surface area contributed by atoms with E-state index in [2.05, 4.69) is 29.9 Å².